The molecule has 1 heterocycles. The molecule has 0 aliphatic rings. The van der Waals surface area contributed by atoms with E-state index >= 15 is 0 Å². The molecule has 2 aromatic carbocycles. The van der Waals surface area contributed by atoms with E-state index in [1.54, 1.807) is 12.1 Å². The highest BCUT2D eigenvalue weighted by Gasteiger charge is 2.09. The summed E-state index contributed by atoms with van der Waals surface area (Å²) in [7, 11) is 0. The average molecular weight is 350 g/mol. The Hall–Kier alpha value is -3.35. The molecule has 0 amide bonds. The van der Waals surface area contributed by atoms with Crippen molar-refractivity contribution in [1.82, 2.24) is 15.0 Å². The lowest BCUT2D eigenvalue weighted by Crippen LogP contribution is -2.14. The van der Waals surface area contributed by atoms with Crippen LogP contribution in [-0.2, 0) is 6.42 Å². The molecule has 7 heteroatoms. The topological polar surface area (TPSA) is 109 Å². The number of aromatic nitrogens is 3. The number of aromatic hydroxyl groups is 1. The molecule has 0 fully saturated rings. The maximum absolute atomic E-state index is 9.50. The van der Waals surface area contributed by atoms with Gasteiger partial charge in [0.25, 0.3) is 0 Å². The van der Waals surface area contributed by atoms with Crippen LogP contribution in [0.25, 0.3) is 0 Å². The average Bonchev–Trinajstić information content (AvgIpc) is 2.62. The van der Waals surface area contributed by atoms with Gasteiger partial charge in [-0.3, -0.25) is 0 Å². The molecule has 134 valence electrons. The molecule has 0 aliphatic carbocycles. The van der Waals surface area contributed by atoms with Crippen molar-refractivity contribution >= 4 is 17.8 Å². The molecular weight excluding hydrogens is 328 g/mol. The number of rotatable bonds is 7. The second-order valence-corrected chi connectivity index (χ2v) is 5.96. The minimum Gasteiger partial charge on any atom is -0.508 e. The number of benzene rings is 2. The Morgan fingerprint density at radius 2 is 1.77 bits per heavy atom. The van der Waals surface area contributed by atoms with E-state index in [1.807, 2.05) is 49.4 Å². The van der Waals surface area contributed by atoms with Crippen LogP contribution in [0.3, 0.4) is 0 Å². The summed E-state index contributed by atoms with van der Waals surface area (Å²) >= 11 is 0. The van der Waals surface area contributed by atoms with Gasteiger partial charge in [0.2, 0.25) is 17.8 Å². The lowest BCUT2D eigenvalue weighted by Gasteiger charge is -2.15. The molecule has 5 N–H and O–H groups in total. The van der Waals surface area contributed by atoms with Gasteiger partial charge in [0.1, 0.15) is 5.75 Å². The van der Waals surface area contributed by atoms with E-state index in [9.17, 15) is 5.11 Å². The fourth-order valence-electron chi connectivity index (χ4n) is 2.59. The predicted molar refractivity (Wildman–Crippen MR) is 103 cm³/mol. The van der Waals surface area contributed by atoms with Gasteiger partial charge in [-0.15, -0.1) is 0 Å². The van der Waals surface area contributed by atoms with Crippen molar-refractivity contribution in [3.63, 3.8) is 0 Å². The quantitative estimate of drug-likeness (QED) is 0.518. The maximum atomic E-state index is 9.50. The zero-order valence-electron chi connectivity index (χ0n) is 14.6. The van der Waals surface area contributed by atoms with E-state index in [4.69, 9.17) is 5.73 Å². The third kappa shape index (κ3) is 4.83. The number of hydrogen-bond donors (Lipinski definition) is 4. The highest BCUT2D eigenvalue weighted by atomic mass is 16.3. The van der Waals surface area contributed by atoms with Crippen LogP contribution in [0.2, 0.25) is 0 Å². The molecule has 0 unspecified atom stereocenters. The standard InChI is InChI=1S/C19H22N6O/c1-13(15-7-3-2-4-8-15)22-19-24-17(20)23-18(25-19)21-11-10-14-6-5-9-16(26)12-14/h2-9,12-13,26H,10-11H2,1H3,(H4,20,21,22,23,24,25)/t13-/m0/s1. The van der Waals surface area contributed by atoms with Crippen molar-refractivity contribution in [2.45, 2.75) is 19.4 Å². The summed E-state index contributed by atoms with van der Waals surface area (Å²) in [5, 5.41) is 15.9. The first kappa shape index (κ1) is 17.5. The summed E-state index contributed by atoms with van der Waals surface area (Å²) < 4.78 is 0. The highest BCUT2D eigenvalue weighted by Crippen LogP contribution is 2.17. The summed E-state index contributed by atoms with van der Waals surface area (Å²) in [4.78, 5) is 12.6. The Morgan fingerprint density at radius 3 is 2.54 bits per heavy atom. The fourth-order valence-corrected chi connectivity index (χ4v) is 2.59. The summed E-state index contributed by atoms with van der Waals surface area (Å²) in [6.07, 6.45) is 0.725. The van der Waals surface area contributed by atoms with Gasteiger partial charge in [-0.05, 0) is 36.6 Å². The van der Waals surface area contributed by atoms with Crippen LogP contribution < -0.4 is 16.4 Å². The van der Waals surface area contributed by atoms with E-state index in [0.29, 0.717) is 18.4 Å². The predicted octanol–water partition coefficient (Wildman–Crippen LogP) is 2.99. The number of hydrogen-bond acceptors (Lipinski definition) is 7. The number of nitrogens with one attached hydrogen (secondary N) is 2. The van der Waals surface area contributed by atoms with Gasteiger partial charge in [-0.1, -0.05) is 42.5 Å². The Bertz CT molecular complexity index is 856. The third-order valence-corrected chi connectivity index (χ3v) is 3.91. The van der Waals surface area contributed by atoms with Crippen LogP contribution in [-0.4, -0.2) is 26.6 Å². The monoisotopic (exact) mass is 350 g/mol. The molecule has 3 aromatic rings. The Balaban J connectivity index is 1.62. The van der Waals surface area contributed by atoms with Gasteiger partial charge in [0.15, 0.2) is 0 Å². The Morgan fingerprint density at radius 1 is 1.00 bits per heavy atom. The summed E-state index contributed by atoms with van der Waals surface area (Å²) in [6, 6.07) is 17.2. The molecule has 0 radical (unpaired) electrons. The minimum absolute atomic E-state index is 0.0399. The first-order valence-electron chi connectivity index (χ1n) is 8.45. The summed E-state index contributed by atoms with van der Waals surface area (Å²) in [5.74, 6) is 1.25. The molecule has 3 rings (SSSR count). The summed E-state index contributed by atoms with van der Waals surface area (Å²) in [5.41, 5.74) is 7.95. The van der Waals surface area contributed by atoms with E-state index in [-0.39, 0.29) is 17.7 Å². The zero-order valence-corrected chi connectivity index (χ0v) is 14.6. The van der Waals surface area contributed by atoms with Gasteiger partial charge >= 0.3 is 0 Å². The number of phenolic OH excluding ortho intramolecular Hbond substituents is 1. The lowest BCUT2D eigenvalue weighted by molar-refractivity contribution is 0.474. The second-order valence-electron chi connectivity index (χ2n) is 5.96. The van der Waals surface area contributed by atoms with E-state index in [2.05, 4.69) is 25.6 Å². The van der Waals surface area contributed by atoms with E-state index < -0.39 is 0 Å². The van der Waals surface area contributed by atoms with Crippen LogP contribution >= 0.6 is 0 Å². The van der Waals surface area contributed by atoms with Gasteiger partial charge < -0.3 is 21.5 Å². The van der Waals surface area contributed by atoms with Gasteiger partial charge in [0.05, 0.1) is 6.04 Å². The van der Waals surface area contributed by atoms with Crippen LogP contribution in [0.4, 0.5) is 17.8 Å². The minimum atomic E-state index is 0.0399. The number of nitrogens with two attached hydrogens (primary N) is 1. The zero-order chi connectivity index (χ0) is 18.4. The van der Waals surface area contributed by atoms with Crippen molar-refractivity contribution in [2.75, 3.05) is 22.9 Å². The molecule has 0 saturated carbocycles. The van der Waals surface area contributed by atoms with Crippen molar-refractivity contribution in [2.24, 2.45) is 0 Å². The molecule has 0 aliphatic heterocycles. The van der Waals surface area contributed by atoms with Crippen molar-refractivity contribution < 1.29 is 5.11 Å². The van der Waals surface area contributed by atoms with Crippen LogP contribution in [0.5, 0.6) is 5.75 Å². The van der Waals surface area contributed by atoms with Crippen LogP contribution in [0.1, 0.15) is 24.1 Å². The molecule has 1 atom stereocenters. The van der Waals surface area contributed by atoms with Gasteiger partial charge in [-0.25, -0.2) is 0 Å². The van der Waals surface area contributed by atoms with Gasteiger partial charge in [-0.2, -0.15) is 15.0 Å². The molecule has 0 saturated heterocycles. The van der Waals surface area contributed by atoms with Gasteiger partial charge in [0, 0.05) is 6.54 Å². The normalized spacial score (nSPS) is 11.7. The number of anilines is 3. The second kappa shape index (κ2) is 8.15. The van der Waals surface area contributed by atoms with E-state index in [0.717, 1.165) is 17.5 Å². The Kier molecular flexibility index (Phi) is 5.48. The van der Waals surface area contributed by atoms with Crippen molar-refractivity contribution in [3.05, 3.63) is 65.7 Å². The number of phenols is 1. The maximum Gasteiger partial charge on any atom is 0.229 e. The number of nitrogens with zero attached hydrogens (tertiary/aromatic N) is 3. The summed E-state index contributed by atoms with van der Waals surface area (Å²) in [6.45, 7) is 2.64. The fraction of sp³-hybridized carbons (Fsp3) is 0.211. The molecular formula is C19H22N6O. The smallest absolute Gasteiger partial charge is 0.229 e. The lowest BCUT2D eigenvalue weighted by atomic mass is 10.1. The molecule has 0 bridgehead atoms. The number of nitrogen functional groups attached to an aromatic ring is 1. The molecule has 0 spiro atoms. The van der Waals surface area contributed by atoms with Crippen LogP contribution in [0.15, 0.2) is 54.6 Å². The van der Waals surface area contributed by atoms with E-state index in [1.165, 1.54) is 0 Å². The largest absolute Gasteiger partial charge is 0.508 e. The molecule has 7 nitrogen and oxygen atoms in total. The SMILES string of the molecule is C[C@H](Nc1nc(N)nc(NCCc2cccc(O)c2)n1)c1ccccc1. The first-order valence-corrected chi connectivity index (χ1v) is 8.45. The van der Waals surface area contributed by atoms with Crippen LogP contribution in [0, 0.1) is 0 Å². The van der Waals surface area contributed by atoms with Crippen molar-refractivity contribution in [3.8, 4) is 5.75 Å². The molecule has 1 aromatic heterocycles. The Labute approximate surface area is 152 Å². The highest BCUT2D eigenvalue weighted by molar-refractivity contribution is 5.41. The first-order chi connectivity index (χ1) is 12.6. The van der Waals surface area contributed by atoms with Crippen molar-refractivity contribution in [1.29, 1.82) is 0 Å². The third-order valence-electron chi connectivity index (χ3n) is 3.91. The molecule has 26 heavy (non-hydrogen) atoms.